The minimum absolute atomic E-state index is 0. The number of benzene rings is 6. The van der Waals surface area contributed by atoms with Crippen molar-refractivity contribution in [1.29, 1.82) is 0 Å². The maximum absolute atomic E-state index is 2.99. The van der Waals surface area contributed by atoms with E-state index in [2.05, 4.69) is 221 Å². The fourth-order valence-electron chi connectivity index (χ4n) is 8.37. The van der Waals surface area contributed by atoms with Crippen LogP contribution in [0.5, 0.6) is 0 Å². The van der Waals surface area contributed by atoms with Gasteiger partial charge in [0.05, 0.1) is 0 Å². The Bertz CT molecular complexity index is 2410. The molecule has 0 N–H and O–H groups in total. The molecular formula is C59H66Cl2Zr. The Balaban J connectivity index is 0.000000302. The normalized spacial score (nSPS) is 12.1. The van der Waals surface area contributed by atoms with Crippen molar-refractivity contribution >= 4 is 49.6 Å². The zero-order chi connectivity index (χ0) is 43.0. The van der Waals surface area contributed by atoms with Crippen LogP contribution < -0.4 is 0 Å². The fourth-order valence-corrected chi connectivity index (χ4v) is 9.37. The van der Waals surface area contributed by atoms with Crippen molar-refractivity contribution in [2.24, 2.45) is 0 Å². The number of rotatable bonds is 8. The van der Waals surface area contributed by atoms with Gasteiger partial charge in [-0.25, -0.2) is 12.2 Å². The van der Waals surface area contributed by atoms with Crippen LogP contribution in [0.4, 0.5) is 0 Å². The summed E-state index contributed by atoms with van der Waals surface area (Å²) in [5, 5.41) is 5.41. The zero-order valence-corrected chi connectivity index (χ0v) is 42.7. The van der Waals surface area contributed by atoms with Crippen molar-refractivity contribution < 1.29 is 24.2 Å². The molecule has 62 heavy (non-hydrogen) atoms. The standard InChI is InChI=1S/C39H45.C15H14.C5H5.2ClH.Zr/c1-24(2)28-15-11-13-17-30(28)34-20-26-19-27-21-35(31-18-14-12-16-29(31)25(3)4)37(39(8,9)10)23-33(27)32(26)22-36(34)38(5,6)7;1-3-8-14(9-4-1)12-7-13-15-10-5-2-6-11-15;1-2-4-5-3-1;;;/h11-25H,1-10H3;1-6,8-11H,12-13H2;1-3H,4H2;2*1H;/q-1;;-1;;;+2. The summed E-state index contributed by atoms with van der Waals surface area (Å²) in [7, 11) is 0. The van der Waals surface area contributed by atoms with E-state index in [0.717, 1.165) is 19.3 Å². The molecule has 0 amide bonds. The summed E-state index contributed by atoms with van der Waals surface area (Å²) in [5.41, 5.74) is 14.0. The Morgan fingerprint density at radius 3 is 1.26 bits per heavy atom. The van der Waals surface area contributed by atoms with Crippen LogP contribution in [0.3, 0.4) is 0 Å². The molecule has 0 saturated carbocycles. The van der Waals surface area contributed by atoms with Gasteiger partial charge >= 0.3 is 112 Å². The molecule has 0 aliphatic heterocycles. The molecule has 0 unspecified atom stereocenters. The maximum atomic E-state index is 2.99. The van der Waals surface area contributed by atoms with E-state index in [1.807, 2.05) is 12.2 Å². The number of allylic oxidation sites excluding steroid dienone is 4. The Morgan fingerprint density at radius 1 is 0.548 bits per heavy atom. The molecule has 8 rings (SSSR count). The van der Waals surface area contributed by atoms with E-state index in [9.17, 15) is 0 Å². The molecule has 1 aliphatic carbocycles. The van der Waals surface area contributed by atoms with Crippen LogP contribution in [-0.4, -0.2) is 3.21 Å². The monoisotopic (exact) mass is 934 g/mol. The first-order valence-electron chi connectivity index (χ1n) is 21.9. The summed E-state index contributed by atoms with van der Waals surface area (Å²) < 4.78 is 1.60. The number of hydrogen-bond acceptors (Lipinski definition) is 0. The molecule has 7 aromatic carbocycles. The average Bonchev–Trinajstić information content (AvgIpc) is 3.92. The van der Waals surface area contributed by atoms with E-state index in [1.165, 1.54) is 77.2 Å². The molecule has 7 aromatic rings. The molecule has 1 aliphatic rings. The van der Waals surface area contributed by atoms with Crippen LogP contribution in [0.25, 0.3) is 43.8 Å². The summed E-state index contributed by atoms with van der Waals surface area (Å²) in [4.78, 5) is 0. The van der Waals surface area contributed by atoms with Gasteiger partial charge in [0, 0.05) is 0 Å². The van der Waals surface area contributed by atoms with Crippen molar-refractivity contribution in [3.63, 3.8) is 0 Å². The first-order valence-corrected chi connectivity index (χ1v) is 23.1. The third-order valence-corrected chi connectivity index (χ3v) is 12.3. The van der Waals surface area contributed by atoms with Gasteiger partial charge in [0.1, 0.15) is 0 Å². The molecular weight excluding hydrogens is 871 g/mol. The van der Waals surface area contributed by atoms with Crippen LogP contribution in [-0.2, 0) is 47.9 Å². The summed E-state index contributed by atoms with van der Waals surface area (Å²) in [6, 6.07) is 51.7. The van der Waals surface area contributed by atoms with Gasteiger partial charge in [0.25, 0.3) is 0 Å². The molecule has 3 heteroatoms. The zero-order valence-electron chi connectivity index (χ0n) is 38.6. The second-order valence-corrected chi connectivity index (χ2v) is 20.8. The van der Waals surface area contributed by atoms with Crippen molar-refractivity contribution in [3.8, 4) is 22.3 Å². The van der Waals surface area contributed by atoms with E-state index < -0.39 is 0 Å². The molecule has 0 radical (unpaired) electrons. The van der Waals surface area contributed by atoms with Gasteiger partial charge in [-0.3, -0.25) is 6.08 Å². The molecule has 0 heterocycles. The summed E-state index contributed by atoms with van der Waals surface area (Å²) in [6.45, 7) is 23.3. The van der Waals surface area contributed by atoms with Gasteiger partial charge in [0.2, 0.25) is 0 Å². The fraction of sp³-hybridized carbons (Fsp3) is 0.288. The van der Waals surface area contributed by atoms with Gasteiger partial charge in [-0.1, -0.05) is 130 Å². The van der Waals surface area contributed by atoms with Gasteiger partial charge in [-0.05, 0) is 67.2 Å². The predicted octanol–water partition coefficient (Wildman–Crippen LogP) is 17.2. The summed E-state index contributed by atoms with van der Waals surface area (Å²) >= 11 is 1.55. The quantitative estimate of drug-likeness (QED) is 0.133. The second kappa shape index (κ2) is 22.6. The summed E-state index contributed by atoms with van der Waals surface area (Å²) in [6.07, 6.45) is 12.2. The van der Waals surface area contributed by atoms with E-state index in [-0.39, 0.29) is 35.6 Å². The average molecular weight is 937 g/mol. The van der Waals surface area contributed by atoms with Gasteiger partial charge < -0.3 is 0 Å². The predicted molar refractivity (Wildman–Crippen MR) is 275 cm³/mol. The third-order valence-electron chi connectivity index (χ3n) is 11.4. The molecule has 0 bridgehead atoms. The van der Waals surface area contributed by atoms with Crippen molar-refractivity contribution in [2.45, 2.75) is 111 Å². The van der Waals surface area contributed by atoms with Crippen LogP contribution in [0.15, 0.2) is 158 Å². The molecule has 0 aromatic heterocycles. The van der Waals surface area contributed by atoms with Crippen LogP contribution in [0.2, 0.25) is 0 Å². The van der Waals surface area contributed by atoms with Crippen molar-refractivity contribution in [3.05, 3.63) is 197 Å². The molecule has 0 atom stereocenters. The number of hydrogen-bond donors (Lipinski definition) is 0. The molecule has 320 valence electrons. The Morgan fingerprint density at radius 2 is 0.935 bits per heavy atom. The molecule has 0 saturated heterocycles. The first kappa shape index (κ1) is 50.6. The van der Waals surface area contributed by atoms with Crippen molar-refractivity contribution in [2.75, 3.05) is 0 Å². The van der Waals surface area contributed by atoms with Crippen LogP contribution in [0.1, 0.15) is 121 Å². The van der Waals surface area contributed by atoms with Gasteiger partial charge in [-0.15, -0.1) is 71.0 Å². The van der Waals surface area contributed by atoms with Crippen LogP contribution >= 0.6 is 24.8 Å². The second-order valence-electron chi connectivity index (χ2n) is 19.0. The Labute approximate surface area is 401 Å². The Kier molecular flexibility index (Phi) is 18.4. The SMILES string of the molecule is CC(C)c1ccccc1-c1cc2[cH-]c3cc(-c4ccccc4C(C)C)c(C(C)(C)C)cc3c2cc1C(C)(C)C.Cl.Cl.[C-]1=CC=CC1.[Zr+2]=[C](Cc1ccccc1)Cc1ccccc1. The molecule has 0 nitrogen and oxygen atoms in total. The molecule has 0 fully saturated rings. The topological polar surface area (TPSA) is 0 Å². The van der Waals surface area contributed by atoms with Crippen LogP contribution in [0, 0.1) is 6.08 Å². The minimum atomic E-state index is 0. The van der Waals surface area contributed by atoms with E-state index in [1.54, 1.807) is 27.4 Å². The third kappa shape index (κ3) is 12.8. The van der Waals surface area contributed by atoms with Gasteiger partial charge in [-0.2, -0.15) is 6.08 Å². The van der Waals surface area contributed by atoms with Gasteiger partial charge in [0.15, 0.2) is 0 Å². The number of halogens is 2. The number of fused-ring (bicyclic) bond motifs is 3. The first-order chi connectivity index (χ1) is 28.6. The van der Waals surface area contributed by atoms with E-state index in [4.69, 9.17) is 0 Å². The Hall–Kier alpha value is -4.00. The summed E-state index contributed by atoms with van der Waals surface area (Å²) in [5.74, 6) is 0.947. The van der Waals surface area contributed by atoms with E-state index >= 15 is 0 Å². The van der Waals surface area contributed by atoms with Crippen molar-refractivity contribution in [1.82, 2.24) is 0 Å². The van der Waals surface area contributed by atoms with E-state index in [0.29, 0.717) is 11.8 Å². The molecule has 0 spiro atoms.